The molecule has 200 valence electrons. The maximum absolute atomic E-state index is 15.1. The van der Waals surface area contributed by atoms with Crippen molar-refractivity contribution in [2.75, 3.05) is 29.4 Å². The Kier molecular flexibility index (Phi) is 6.38. The molecule has 12 nitrogen and oxygen atoms in total. The van der Waals surface area contributed by atoms with Gasteiger partial charge in [-0.1, -0.05) is 0 Å². The van der Waals surface area contributed by atoms with E-state index in [1.807, 2.05) is 5.32 Å². The molecular weight excluding hydrogens is 518 g/mol. The predicted molar refractivity (Wildman–Crippen MR) is 122 cm³/mol. The van der Waals surface area contributed by atoms with E-state index in [4.69, 9.17) is 4.74 Å². The first kappa shape index (κ1) is 25.0. The highest BCUT2D eigenvalue weighted by Gasteiger charge is 2.36. The monoisotopic (exact) mass is 537 g/mol. The molecule has 2 aliphatic heterocycles. The molecule has 0 bridgehead atoms. The van der Waals surface area contributed by atoms with E-state index in [0.29, 0.717) is 5.69 Å². The fourth-order valence-electron chi connectivity index (χ4n) is 4.41. The van der Waals surface area contributed by atoms with Crippen LogP contribution in [0.4, 0.5) is 33.7 Å². The van der Waals surface area contributed by atoms with E-state index in [-0.39, 0.29) is 31.9 Å². The highest BCUT2D eigenvalue weighted by molar-refractivity contribution is 5.91. The summed E-state index contributed by atoms with van der Waals surface area (Å²) in [4.78, 5) is 55.1. The molecule has 2 aromatic heterocycles. The largest absolute Gasteiger partial charge is 0.423 e. The lowest BCUT2D eigenvalue weighted by molar-refractivity contribution is -0.134. The zero-order valence-corrected chi connectivity index (χ0v) is 19.4. The number of anilines is 2. The van der Waals surface area contributed by atoms with Gasteiger partial charge < -0.3 is 15.0 Å². The Labute approximate surface area is 210 Å². The summed E-state index contributed by atoms with van der Waals surface area (Å²) < 4.78 is 63.3. The van der Waals surface area contributed by atoms with Gasteiger partial charge in [0.15, 0.2) is 17.9 Å². The molecule has 38 heavy (non-hydrogen) atoms. The number of rotatable bonds is 5. The molecule has 3 aromatic rings. The van der Waals surface area contributed by atoms with Gasteiger partial charge in [0.25, 0.3) is 5.91 Å². The number of carbonyl (C=O) groups is 2. The van der Waals surface area contributed by atoms with E-state index >= 15 is 8.78 Å². The van der Waals surface area contributed by atoms with Crippen LogP contribution in [0.1, 0.15) is 0 Å². The molecule has 1 atom stereocenters. The predicted octanol–water partition coefficient (Wildman–Crippen LogP) is 0.658. The molecule has 0 radical (unpaired) electrons. The lowest BCUT2D eigenvalue weighted by atomic mass is 10.2. The van der Waals surface area contributed by atoms with E-state index in [2.05, 4.69) is 4.98 Å². The number of aromatic nitrogens is 4. The Bertz CT molecular complexity index is 1460. The number of benzene rings is 1. The molecule has 2 amide bonds. The number of halogens is 4. The highest BCUT2D eigenvalue weighted by atomic mass is 19.3. The molecular formula is C22H19F4N7O5. The summed E-state index contributed by atoms with van der Waals surface area (Å²) in [5.41, 5.74) is -1.57. The number of ether oxygens (including phenoxy) is 1. The quantitative estimate of drug-likeness (QED) is 0.475. The van der Waals surface area contributed by atoms with Crippen molar-refractivity contribution < 1.29 is 31.9 Å². The van der Waals surface area contributed by atoms with Crippen molar-refractivity contribution in [2.24, 2.45) is 0 Å². The van der Waals surface area contributed by atoms with Gasteiger partial charge in [0.05, 0.1) is 31.0 Å². The van der Waals surface area contributed by atoms with Gasteiger partial charge in [-0.15, -0.1) is 0 Å². The topological polar surface area (TPSA) is 124 Å². The van der Waals surface area contributed by atoms with Crippen molar-refractivity contribution in [3.63, 3.8) is 0 Å². The maximum Gasteiger partial charge on any atom is 0.416 e. The summed E-state index contributed by atoms with van der Waals surface area (Å²) in [6.45, 7) is -0.560. The van der Waals surface area contributed by atoms with Crippen LogP contribution in [0, 0.1) is 11.6 Å². The molecule has 1 fully saturated rings. The SMILES string of the molecule is O=C(NC1CN(c2cc(F)c(N3CCn4c(=O)n(-c5ccncc5)c(=O)n4CC3)c(F)c2)C(=O)O1)C(F)F. The van der Waals surface area contributed by atoms with Gasteiger partial charge in [0.1, 0.15) is 5.69 Å². The highest BCUT2D eigenvalue weighted by Crippen LogP contribution is 2.31. The Morgan fingerprint density at radius 2 is 1.53 bits per heavy atom. The molecule has 1 saturated heterocycles. The summed E-state index contributed by atoms with van der Waals surface area (Å²) >= 11 is 0. The Hall–Kier alpha value is -4.63. The minimum atomic E-state index is -3.33. The Balaban J connectivity index is 1.36. The van der Waals surface area contributed by atoms with Crippen LogP contribution >= 0.6 is 0 Å². The van der Waals surface area contributed by atoms with Crippen molar-refractivity contribution in [1.82, 2.24) is 24.2 Å². The number of hydrogen-bond acceptors (Lipinski definition) is 7. The molecule has 0 spiro atoms. The second kappa shape index (κ2) is 9.68. The van der Waals surface area contributed by atoms with Crippen molar-refractivity contribution in [3.05, 3.63) is 69.3 Å². The molecule has 2 aliphatic rings. The number of amides is 2. The standard InChI is InChI=1S/C22H19F4N7O5/c23-14-9-13(30-11-16(38-22(30)37)28-19(34)18(25)26)10-15(24)17(14)29-5-7-31-20(35)33(12-1-3-27-4-2-12)21(36)32(31)8-6-29/h1-4,9-10,16,18H,5-8,11H2,(H,28,34). The van der Waals surface area contributed by atoms with Crippen LogP contribution in [0.25, 0.3) is 5.69 Å². The van der Waals surface area contributed by atoms with E-state index < -0.39 is 59.9 Å². The normalized spacial score (nSPS) is 17.4. The van der Waals surface area contributed by atoms with Gasteiger partial charge in [0.2, 0.25) is 0 Å². The molecule has 0 saturated carbocycles. The van der Waals surface area contributed by atoms with E-state index in [1.54, 1.807) is 0 Å². The van der Waals surface area contributed by atoms with E-state index in [9.17, 15) is 28.0 Å². The van der Waals surface area contributed by atoms with Crippen LogP contribution in [0.3, 0.4) is 0 Å². The molecule has 1 aromatic carbocycles. The number of cyclic esters (lactones) is 1. The van der Waals surface area contributed by atoms with Gasteiger partial charge in [-0.05, 0) is 12.1 Å². The average molecular weight is 537 g/mol. The third-order valence-corrected chi connectivity index (χ3v) is 6.14. The molecule has 1 N–H and O–H groups in total. The molecule has 16 heteroatoms. The van der Waals surface area contributed by atoms with Crippen LogP contribution in [-0.4, -0.2) is 63.2 Å². The van der Waals surface area contributed by atoms with Crippen LogP contribution < -0.4 is 26.5 Å². The number of nitrogens with zero attached hydrogens (tertiary/aromatic N) is 6. The fourth-order valence-corrected chi connectivity index (χ4v) is 4.41. The van der Waals surface area contributed by atoms with Crippen molar-refractivity contribution in [3.8, 4) is 5.69 Å². The van der Waals surface area contributed by atoms with Crippen LogP contribution in [0.15, 0.2) is 46.2 Å². The molecule has 1 unspecified atom stereocenters. The number of fused-ring (bicyclic) bond motifs is 1. The molecule has 4 heterocycles. The van der Waals surface area contributed by atoms with Crippen molar-refractivity contribution >= 4 is 23.4 Å². The van der Waals surface area contributed by atoms with Crippen molar-refractivity contribution in [1.29, 1.82) is 0 Å². The second-order valence-electron chi connectivity index (χ2n) is 8.39. The Morgan fingerprint density at radius 1 is 0.947 bits per heavy atom. The third kappa shape index (κ3) is 4.37. The first-order chi connectivity index (χ1) is 18.2. The number of carbonyl (C=O) groups excluding carboxylic acids is 2. The van der Waals surface area contributed by atoms with Gasteiger partial charge in [-0.2, -0.15) is 8.78 Å². The summed E-state index contributed by atoms with van der Waals surface area (Å²) in [5.74, 6) is -3.74. The van der Waals surface area contributed by atoms with Crippen LogP contribution in [0.5, 0.6) is 0 Å². The van der Waals surface area contributed by atoms with Crippen LogP contribution in [0.2, 0.25) is 0 Å². The first-order valence-corrected chi connectivity index (χ1v) is 11.3. The summed E-state index contributed by atoms with van der Waals surface area (Å²) in [6.07, 6.45) is -2.97. The second-order valence-corrected chi connectivity index (χ2v) is 8.39. The van der Waals surface area contributed by atoms with E-state index in [0.717, 1.165) is 21.6 Å². The van der Waals surface area contributed by atoms with Gasteiger partial charge in [-0.25, -0.2) is 37.1 Å². The number of hydrogen-bond donors (Lipinski definition) is 1. The average Bonchev–Trinajstić information content (AvgIpc) is 3.24. The van der Waals surface area contributed by atoms with Crippen LogP contribution in [-0.2, 0) is 22.6 Å². The lowest BCUT2D eigenvalue weighted by Gasteiger charge is -2.24. The number of pyridine rings is 1. The summed E-state index contributed by atoms with van der Waals surface area (Å²) in [6, 6.07) is 4.75. The number of alkyl halides is 2. The van der Waals surface area contributed by atoms with E-state index in [1.165, 1.54) is 38.8 Å². The minimum Gasteiger partial charge on any atom is -0.423 e. The molecule has 0 aliphatic carbocycles. The first-order valence-electron chi connectivity index (χ1n) is 11.3. The fraction of sp³-hybridized carbons (Fsp3) is 0.318. The lowest BCUT2D eigenvalue weighted by Crippen LogP contribution is -2.41. The van der Waals surface area contributed by atoms with Gasteiger partial charge in [0, 0.05) is 37.6 Å². The summed E-state index contributed by atoms with van der Waals surface area (Å²) in [7, 11) is 0. The summed E-state index contributed by atoms with van der Waals surface area (Å²) in [5, 5.41) is 1.81. The molecule has 5 rings (SSSR count). The maximum atomic E-state index is 15.1. The van der Waals surface area contributed by atoms with Gasteiger partial charge in [-0.3, -0.25) is 14.7 Å². The third-order valence-electron chi connectivity index (χ3n) is 6.14. The van der Waals surface area contributed by atoms with Crippen molar-refractivity contribution in [2.45, 2.75) is 25.7 Å². The van der Waals surface area contributed by atoms with Gasteiger partial charge >= 0.3 is 23.9 Å². The zero-order chi connectivity index (χ0) is 27.1. The zero-order valence-electron chi connectivity index (χ0n) is 19.4. The smallest absolute Gasteiger partial charge is 0.416 e. The minimum absolute atomic E-state index is 0.0135. The Morgan fingerprint density at radius 3 is 2.08 bits per heavy atom. The number of nitrogens with one attached hydrogen (secondary N) is 1.